The molecular weight excluding hydrogens is 261 g/mol. The van der Waals surface area contributed by atoms with Gasteiger partial charge >= 0.3 is 7.82 Å². The Hall–Kier alpha value is 0.650. The second-order valence-electron chi connectivity index (χ2n) is 3.06. The number of benzene rings is 2. The summed E-state index contributed by atoms with van der Waals surface area (Å²) in [4.78, 5) is 17.4. The van der Waals surface area contributed by atoms with Crippen LogP contribution in [0.2, 0.25) is 0 Å². The summed E-state index contributed by atoms with van der Waals surface area (Å²) < 4.78 is 15.3. The van der Waals surface area contributed by atoms with E-state index >= 15 is 0 Å². The third-order valence-corrected chi connectivity index (χ3v) is 2.40. The first-order chi connectivity index (χ1) is 7.06. The van der Waals surface area contributed by atoms with E-state index < -0.39 is 7.82 Å². The van der Waals surface area contributed by atoms with E-state index in [-0.39, 0.29) is 64.9 Å². The zero-order valence-electron chi connectivity index (χ0n) is 9.70. The van der Waals surface area contributed by atoms with Gasteiger partial charge in [0.05, 0.1) is 0 Å². The largest absolute Gasteiger partial charge is 0.524 e. The molecule has 2 aromatic carbocycles. The van der Waals surface area contributed by atoms with Gasteiger partial charge in [-0.05, 0) is 11.5 Å². The van der Waals surface area contributed by atoms with E-state index in [9.17, 15) is 4.57 Å². The van der Waals surface area contributed by atoms with Crippen molar-refractivity contribution in [1.29, 1.82) is 0 Å². The van der Waals surface area contributed by atoms with Gasteiger partial charge in [0.25, 0.3) is 0 Å². The maximum Gasteiger partial charge on any atom is 0.524 e. The summed E-state index contributed by atoms with van der Waals surface area (Å²) in [6.45, 7) is 0. The molecule has 2 aromatic rings. The fourth-order valence-electron chi connectivity index (χ4n) is 1.40. The van der Waals surface area contributed by atoms with Gasteiger partial charge in [0.15, 0.2) is 0 Å². The number of hydrogen-bond acceptors (Lipinski definition) is 2. The topological polar surface area (TPSA) is 66.8 Å². The number of phosphoric ester groups is 1. The minimum atomic E-state index is -4.49. The standard InChI is InChI=1S/C10H9O4P.2Na/c11-15(12,13)14-10-7-3-5-8-4-1-2-6-9(8)10;;/h1-7H,(H2,11,12,13);;. The van der Waals surface area contributed by atoms with Gasteiger partial charge in [-0.3, -0.25) is 9.79 Å². The average Bonchev–Trinajstić information content (AvgIpc) is 2.16. The Kier molecular flexibility index (Phi) is 7.57. The summed E-state index contributed by atoms with van der Waals surface area (Å²) in [5, 5.41) is 1.56. The van der Waals surface area contributed by atoms with Gasteiger partial charge in [0.1, 0.15) is 5.75 Å². The molecule has 2 N–H and O–H groups in total. The predicted octanol–water partition coefficient (Wildman–Crippen LogP) is 1.55. The Bertz CT molecular complexity index is 535. The number of hydrogen-bond donors (Lipinski definition) is 2. The van der Waals surface area contributed by atoms with Crippen molar-refractivity contribution in [2.24, 2.45) is 0 Å². The summed E-state index contributed by atoms with van der Waals surface area (Å²) >= 11 is 0. The molecule has 17 heavy (non-hydrogen) atoms. The molecule has 0 amide bonds. The van der Waals surface area contributed by atoms with Crippen LogP contribution in [0.5, 0.6) is 5.75 Å². The van der Waals surface area contributed by atoms with Crippen molar-refractivity contribution in [2.45, 2.75) is 0 Å². The average molecular weight is 270 g/mol. The van der Waals surface area contributed by atoms with Gasteiger partial charge in [0, 0.05) is 64.5 Å². The molecule has 0 bridgehead atoms. The number of phosphoric acid groups is 1. The van der Waals surface area contributed by atoms with Crippen LogP contribution in [0.4, 0.5) is 0 Å². The van der Waals surface area contributed by atoms with Gasteiger partial charge < -0.3 is 4.52 Å². The van der Waals surface area contributed by atoms with E-state index in [1.54, 1.807) is 18.2 Å². The van der Waals surface area contributed by atoms with Crippen molar-refractivity contribution in [1.82, 2.24) is 0 Å². The van der Waals surface area contributed by atoms with E-state index in [1.807, 2.05) is 18.2 Å². The Morgan fingerprint density at radius 2 is 1.53 bits per heavy atom. The molecule has 2 radical (unpaired) electrons. The van der Waals surface area contributed by atoms with Gasteiger partial charge in [-0.15, -0.1) is 0 Å². The van der Waals surface area contributed by atoms with E-state index in [1.165, 1.54) is 6.07 Å². The first kappa shape index (κ1) is 17.6. The van der Waals surface area contributed by atoms with E-state index in [0.717, 1.165) is 5.39 Å². The molecule has 0 fully saturated rings. The molecule has 0 atom stereocenters. The summed E-state index contributed by atoms with van der Waals surface area (Å²) in [6.07, 6.45) is 0. The fourth-order valence-corrected chi connectivity index (χ4v) is 1.82. The fraction of sp³-hybridized carbons (Fsp3) is 0. The van der Waals surface area contributed by atoms with Crippen LogP contribution in [0.25, 0.3) is 10.8 Å². The molecule has 0 saturated carbocycles. The molecule has 7 heteroatoms. The van der Waals surface area contributed by atoms with Crippen molar-refractivity contribution in [3.05, 3.63) is 42.5 Å². The molecule has 0 saturated heterocycles. The molecule has 0 heterocycles. The summed E-state index contributed by atoms with van der Waals surface area (Å²) in [6, 6.07) is 12.3. The van der Waals surface area contributed by atoms with Crippen LogP contribution in [-0.2, 0) is 4.57 Å². The summed E-state index contributed by atoms with van der Waals surface area (Å²) in [5.74, 6) is 0.196. The number of fused-ring (bicyclic) bond motifs is 1. The van der Waals surface area contributed by atoms with Crippen molar-refractivity contribution in [2.75, 3.05) is 0 Å². The first-order valence-electron chi connectivity index (χ1n) is 4.29. The quantitative estimate of drug-likeness (QED) is 0.641. The molecule has 80 valence electrons. The van der Waals surface area contributed by atoms with Crippen LogP contribution in [0, 0.1) is 0 Å². The van der Waals surface area contributed by atoms with Crippen LogP contribution < -0.4 is 4.52 Å². The normalized spacial score (nSPS) is 10.2. The van der Waals surface area contributed by atoms with Gasteiger partial charge in [-0.2, -0.15) is 0 Å². The molecule has 0 spiro atoms. The zero-order chi connectivity index (χ0) is 10.9. The van der Waals surface area contributed by atoms with Gasteiger partial charge in [-0.25, -0.2) is 4.57 Å². The Labute approximate surface area is 143 Å². The molecule has 0 aliphatic rings. The first-order valence-corrected chi connectivity index (χ1v) is 5.82. The minimum Gasteiger partial charge on any atom is -0.404 e. The summed E-state index contributed by atoms with van der Waals surface area (Å²) in [5.41, 5.74) is 0. The Balaban J connectivity index is 0.00000128. The molecule has 4 nitrogen and oxygen atoms in total. The SMILES string of the molecule is O=P(O)(O)Oc1cccc2ccccc12.[Na].[Na]. The van der Waals surface area contributed by atoms with E-state index in [0.29, 0.717) is 5.39 Å². The van der Waals surface area contributed by atoms with Crippen molar-refractivity contribution in [3.8, 4) is 5.75 Å². The van der Waals surface area contributed by atoms with E-state index in [4.69, 9.17) is 9.79 Å². The minimum absolute atomic E-state index is 0. The van der Waals surface area contributed by atoms with Crippen LogP contribution in [-0.4, -0.2) is 68.9 Å². The molecule has 0 aromatic heterocycles. The van der Waals surface area contributed by atoms with Crippen LogP contribution >= 0.6 is 7.82 Å². The van der Waals surface area contributed by atoms with E-state index in [2.05, 4.69) is 4.52 Å². The maximum atomic E-state index is 10.7. The second kappa shape index (κ2) is 7.29. The smallest absolute Gasteiger partial charge is 0.404 e. The number of rotatable bonds is 2. The third-order valence-electron chi connectivity index (χ3n) is 1.97. The van der Waals surface area contributed by atoms with Crippen molar-refractivity contribution in [3.63, 3.8) is 0 Å². The monoisotopic (exact) mass is 270 g/mol. The van der Waals surface area contributed by atoms with Gasteiger partial charge in [-0.1, -0.05) is 36.4 Å². The van der Waals surface area contributed by atoms with Crippen LogP contribution in [0.1, 0.15) is 0 Å². The molecule has 2 rings (SSSR count). The molecule has 0 aliphatic carbocycles. The molecular formula is C10H9Na2O4P. The molecule has 0 aliphatic heterocycles. The van der Waals surface area contributed by atoms with Gasteiger partial charge in [0.2, 0.25) is 0 Å². The summed E-state index contributed by atoms with van der Waals surface area (Å²) in [7, 11) is -4.49. The van der Waals surface area contributed by atoms with Crippen molar-refractivity contribution >= 4 is 77.7 Å². The van der Waals surface area contributed by atoms with Crippen LogP contribution in [0.15, 0.2) is 42.5 Å². The zero-order valence-corrected chi connectivity index (χ0v) is 14.6. The second-order valence-corrected chi connectivity index (χ2v) is 4.22. The predicted molar refractivity (Wildman–Crippen MR) is 68.1 cm³/mol. The maximum absolute atomic E-state index is 10.7. The Morgan fingerprint density at radius 3 is 2.18 bits per heavy atom. The van der Waals surface area contributed by atoms with Crippen LogP contribution in [0.3, 0.4) is 0 Å². The Morgan fingerprint density at radius 1 is 0.941 bits per heavy atom. The third kappa shape index (κ3) is 5.03. The van der Waals surface area contributed by atoms with Crippen molar-refractivity contribution < 1.29 is 18.9 Å². The molecule has 0 unspecified atom stereocenters.